The maximum Gasteiger partial charge on any atom is 0.213 e. The lowest BCUT2D eigenvalue weighted by molar-refractivity contribution is 0.0368. The average molecular weight is 390 g/mol. The van der Waals surface area contributed by atoms with E-state index in [-0.39, 0.29) is 5.41 Å². The van der Waals surface area contributed by atoms with Gasteiger partial charge >= 0.3 is 0 Å². The molecular formula is C22H39N5O. The average Bonchev–Trinajstić information content (AvgIpc) is 3.19. The lowest BCUT2D eigenvalue weighted by Gasteiger charge is -2.48. The second kappa shape index (κ2) is 9.29. The van der Waals surface area contributed by atoms with Crippen molar-refractivity contribution >= 4 is 5.96 Å². The van der Waals surface area contributed by atoms with Crippen LogP contribution >= 0.6 is 0 Å². The summed E-state index contributed by atoms with van der Waals surface area (Å²) in [5.74, 6) is 2.45. The molecule has 0 atom stereocenters. The van der Waals surface area contributed by atoms with Crippen molar-refractivity contribution in [2.45, 2.75) is 89.6 Å². The fraction of sp³-hybridized carbons (Fsp3) is 0.818. The fourth-order valence-electron chi connectivity index (χ4n) is 4.55. The molecule has 0 amide bonds. The number of piperidine rings is 1. The SMILES string of the molecule is CN=C(NCc1ncc(C(C)(C)C)o1)NCC1(N2CCCCC2)CCCCC1. The number of guanidine groups is 1. The lowest BCUT2D eigenvalue weighted by atomic mass is 9.79. The highest BCUT2D eigenvalue weighted by Gasteiger charge is 2.38. The van der Waals surface area contributed by atoms with E-state index in [1.54, 1.807) is 0 Å². The zero-order valence-electron chi connectivity index (χ0n) is 18.3. The Bertz CT molecular complexity index is 634. The van der Waals surface area contributed by atoms with Gasteiger partial charge in [-0.25, -0.2) is 4.98 Å². The molecule has 1 saturated carbocycles. The predicted octanol–water partition coefficient (Wildman–Crippen LogP) is 3.83. The first-order chi connectivity index (χ1) is 13.4. The van der Waals surface area contributed by atoms with Crippen LogP contribution in [-0.2, 0) is 12.0 Å². The Hall–Kier alpha value is -1.56. The van der Waals surface area contributed by atoms with Gasteiger partial charge in [-0.15, -0.1) is 0 Å². The van der Waals surface area contributed by atoms with E-state index in [0.717, 1.165) is 18.3 Å². The summed E-state index contributed by atoms with van der Waals surface area (Å²) in [6, 6.07) is 0. The molecule has 0 bridgehead atoms. The van der Waals surface area contributed by atoms with Crippen molar-refractivity contribution in [1.82, 2.24) is 20.5 Å². The number of likely N-dealkylation sites (tertiary alicyclic amines) is 1. The Morgan fingerprint density at radius 1 is 1.11 bits per heavy atom. The third kappa shape index (κ3) is 5.28. The Morgan fingerprint density at radius 2 is 1.79 bits per heavy atom. The molecule has 3 rings (SSSR count). The normalized spacial score (nSPS) is 21.5. The summed E-state index contributed by atoms with van der Waals surface area (Å²) < 4.78 is 5.89. The molecule has 0 unspecified atom stereocenters. The molecule has 2 aliphatic rings. The number of hydrogen-bond acceptors (Lipinski definition) is 4. The molecule has 6 heteroatoms. The van der Waals surface area contributed by atoms with Gasteiger partial charge in [0, 0.05) is 24.5 Å². The molecule has 6 nitrogen and oxygen atoms in total. The van der Waals surface area contributed by atoms with E-state index in [9.17, 15) is 0 Å². The third-order valence-corrected chi connectivity index (χ3v) is 6.32. The van der Waals surface area contributed by atoms with E-state index in [1.165, 1.54) is 64.5 Å². The number of rotatable bonds is 5. The zero-order valence-corrected chi connectivity index (χ0v) is 18.3. The van der Waals surface area contributed by atoms with Gasteiger partial charge in [-0.3, -0.25) is 9.89 Å². The van der Waals surface area contributed by atoms with Crippen LogP contribution in [-0.4, -0.2) is 48.1 Å². The van der Waals surface area contributed by atoms with E-state index in [1.807, 2.05) is 13.2 Å². The molecule has 2 N–H and O–H groups in total. The van der Waals surface area contributed by atoms with E-state index in [0.29, 0.717) is 18.0 Å². The van der Waals surface area contributed by atoms with Crippen LogP contribution in [0.25, 0.3) is 0 Å². The number of aromatic nitrogens is 1. The quantitative estimate of drug-likeness (QED) is 0.592. The van der Waals surface area contributed by atoms with E-state index in [4.69, 9.17) is 4.42 Å². The highest BCUT2D eigenvalue weighted by molar-refractivity contribution is 5.79. The molecule has 2 heterocycles. The van der Waals surface area contributed by atoms with Gasteiger partial charge in [0.15, 0.2) is 5.96 Å². The minimum atomic E-state index is -0.0209. The standard InChI is InChI=1S/C22H39N5O/c1-21(2,3)18-15-24-19(28-18)16-25-20(23-4)26-17-22(11-7-5-8-12-22)27-13-9-6-10-14-27/h15H,5-14,16-17H2,1-4H3,(H2,23,25,26). The van der Waals surface area contributed by atoms with Crippen molar-refractivity contribution in [3.05, 3.63) is 17.8 Å². The summed E-state index contributed by atoms with van der Waals surface area (Å²) in [5.41, 5.74) is 0.269. The maximum atomic E-state index is 5.89. The smallest absolute Gasteiger partial charge is 0.213 e. The molecule has 0 spiro atoms. The molecule has 1 aromatic rings. The van der Waals surface area contributed by atoms with Gasteiger partial charge in [0.25, 0.3) is 0 Å². The second-order valence-corrected chi connectivity index (χ2v) is 9.48. The minimum Gasteiger partial charge on any atom is -0.443 e. The Morgan fingerprint density at radius 3 is 2.39 bits per heavy atom. The van der Waals surface area contributed by atoms with Crippen LogP contribution in [0.1, 0.15) is 83.8 Å². The molecule has 1 aliphatic heterocycles. The van der Waals surface area contributed by atoms with E-state index in [2.05, 4.69) is 46.3 Å². The van der Waals surface area contributed by atoms with Crippen LogP contribution in [0.4, 0.5) is 0 Å². The number of hydrogen-bond donors (Lipinski definition) is 2. The summed E-state index contributed by atoms with van der Waals surface area (Å²) in [6.07, 6.45) is 12.6. The van der Waals surface area contributed by atoms with E-state index < -0.39 is 0 Å². The number of oxazole rings is 1. The topological polar surface area (TPSA) is 65.7 Å². The molecule has 1 aliphatic carbocycles. The first-order valence-electron chi connectivity index (χ1n) is 11.1. The van der Waals surface area contributed by atoms with Gasteiger partial charge < -0.3 is 15.1 Å². The Kier molecular flexibility index (Phi) is 7.02. The zero-order chi connectivity index (χ0) is 20.0. The van der Waals surface area contributed by atoms with Crippen molar-refractivity contribution < 1.29 is 4.42 Å². The number of nitrogens with zero attached hydrogens (tertiary/aromatic N) is 3. The summed E-state index contributed by atoms with van der Waals surface area (Å²) in [6.45, 7) is 10.4. The predicted molar refractivity (Wildman–Crippen MR) is 115 cm³/mol. The summed E-state index contributed by atoms with van der Waals surface area (Å²) in [4.78, 5) is 11.6. The molecule has 0 aromatic carbocycles. The third-order valence-electron chi connectivity index (χ3n) is 6.32. The van der Waals surface area contributed by atoms with Crippen LogP contribution in [0, 0.1) is 0 Å². The van der Waals surface area contributed by atoms with Crippen molar-refractivity contribution in [2.75, 3.05) is 26.7 Å². The monoisotopic (exact) mass is 389 g/mol. The molecule has 1 aromatic heterocycles. The van der Waals surface area contributed by atoms with Crippen molar-refractivity contribution in [3.8, 4) is 0 Å². The number of aliphatic imine (C=N–C) groups is 1. The van der Waals surface area contributed by atoms with Gasteiger partial charge in [0.2, 0.25) is 5.89 Å². The van der Waals surface area contributed by atoms with Crippen LogP contribution < -0.4 is 10.6 Å². The molecule has 2 fully saturated rings. The summed E-state index contributed by atoms with van der Waals surface area (Å²) in [5, 5.41) is 6.99. The van der Waals surface area contributed by atoms with Gasteiger partial charge in [-0.05, 0) is 38.8 Å². The fourth-order valence-corrected chi connectivity index (χ4v) is 4.55. The maximum absolute atomic E-state index is 5.89. The van der Waals surface area contributed by atoms with Crippen molar-refractivity contribution in [2.24, 2.45) is 4.99 Å². The van der Waals surface area contributed by atoms with Crippen LogP contribution in [0.2, 0.25) is 0 Å². The second-order valence-electron chi connectivity index (χ2n) is 9.48. The van der Waals surface area contributed by atoms with Gasteiger partial charge in [0.05, 0.1) is 12.7 Å². The molecule has 1 saturated heterocycles. The lowest BCUT2D eigenvalue weighted by Crippen LogP contribution is -2.59. The van der Waals surface area contributed by atoms with Crippen molar-refractivity contribution in [3.63, 3.8) is 0 Å². The highest BCUT2D eigenvalue weighted by atomic mass is 16.4. The van der Waals surface area contributed by atoms with Crippen LogP contribution in [0.5, 0.6) is 0 Å². The Labute approximate surface area is 170 Å². The van der Waals surface area contributed by atoms with Crippen LogP contribution in [0.15, 0.2) is 15.6 Å². The molecule has 158 valence electrons. The van der Waals surface area contributed by atoms with Gasteiger partial charge in [-0.1, -0.05) is 46.5 Å². The molecule has 0 radical (unpaired) electrons. The first kappa shape index (κ1) is 21.2. The minimum absolute atomic E-state index is 0.0209. The first-order valence-corrected chi connectivity index (χ1v) is 11.1. The van der Waals surface area contributed by atoms with Crippen LogP contribution in [0.3, 0.4) is 0 Å². The summed E-state index contributed by atoms with van der Waals surface area (Å²) in [7, 11) is 1.83. The summed E-state index contributed by atoms with van der Waals surface area (Å²) >= 11 is 0. The molecule has 28 heavy (non-hydrogen) atoms. The number of nitrogens with one attached hydrogen (secondary N) is 2. The van der Waals surface area contributed by atoms with Gasteiger partial charge in [-0.2, -0.15) is 0 Å². The van der Waals surface area contributed by atoms with E-state index >= 15 is 0 Å². The largest absolute Gasteiger partial charge is 0.443 e. The Balaban J connectivity index is 1.56. The van der Waals surface area contributed by atoms with Gasteiger partial charge in [0.1, 0.15) is 5.76 Å². The molecular weight excluding hydrogens is 350 g/mol. The highest BCUT2D eigenvalue weighted by Crippen LogP contribution is 2.35. The van der Waals surface area contributed by atoms with Crippen molar-refractivity contribution in [1.29, 1.82) is 0 Å².